The molecule has 1 aliphatic heterocycles. The van der Waals surface area contributed by atoms with Crippen LogP contribution in [0.3, 0.4) is 0 Å². The minimum Gasteiger partial charge on any atom is -0.465 e. The minimum absolute atomic E-state index is 0.207. The van der Waals surface area contributed by atoms with E-state index >= 15 is 0 Å². The Labute approximate surface area is 191 Å². The number of ether oxygens (including phenoxy) is 1. The van der Waals surface area contributed by atoms with Gasteiger partial charge < -0.3 is 15.4 Å². The zero-order valence-corrected chi connectivity index (χ0v) is 18.6. The highest BCUT2D eigenvalue weighted by atomic mass is 19.1. The van der Waals surface area contributed by atoms with Gasteiger partial charge in [-0.1, -0.05) is 12.2 Å². The second-order valence-corrected chi connectivity index (χ2v) is 7.75. The Morgan fingerprint density at radius 2 is 2.03 bits per heavy atom. The van der Waals surface area contributed by atoms with Crippen LogP contribution in [0.5, 0.6) is 0 Å². The number of nitrogens with two attached hydrogens (primary N) is 1. The molecule has 0 unspecified atom stereocenters. The van der Waals surface area contributed by atoms with Crippen LogP contribution in [-0.4, -0.2) is 70.5 Å². The summed E-state index contributed by atoms with van der Waals surface area (Å²) < 4.78 is 20.4. The smallest absolute Gasteiger partial charge is 0.338 e. The summed E-state index contributed by atoms with van der Waals surface area (Å²) in [4.78, 5) is 24.3. The molecule has 33 heavy (non-hydrogen) atoms. The largest absolute Gasteiger partial charge is 0.465 e. The number of hydrogen-bond donors (Lipinski definition) is 1. The number of esters is 1. The number of anilines is 2. The van der Waals surface area contributed by atoms with Gasteiger partial charge in [0.15, 0.2) is 5.82 Å². The lowest BCUT2D eigenvalue weighted by Gasteiger charge is -2.35. The minimum atomic E-state index is -0.540. The molecule has 172 valence electrons. The van der Waals surface area contributed by atoms with Crippen molar-refractivity contribution >= 4 is 23.7 Å². The Morgan fingerprint density at radius 1 is 1.24 bits per heavy atom. The fourth-order valence-corrected chi connectivity index (χ4v) is 3.81. The summed E-state index contributed by atoms with van der Waals surface area (Å²) in [6.07, 6.45) is 7.56. The Hall–Kier alpha value is -3.79. The third-order valence-corrected chi connectivity index (χ3v) is 5.63. The van der Waals surface area contributed by atoms with Gasteiger partial charge in [-0.3, -0.25) is 4.90 Å². The molecule has 0 saturated carbocycles. The number of carbonyl (C=O) groups excluding carboxylic acids is 1. The van der Waals surface area contributed by atoms with Crippen LogP contribution in [0.1, 0.15) is 21.6 Å². The molecule has 9 nitrogen and oxygen atoms in total. The lowest BCUT2D eigenvalue weighted by atomic mass is 10.1. The van der Waals surface area contributed by atoms with E-state index in [9.17, 15) is 9.18 Å². The molecule has 0 atom stereocenters. The van der Waals surface area contributed by atoms with Crippen molar-refractivity contribution in [3.8, 4) is 5.82 Å². The summed E-state index contributed by atoms with van der Waals surface area (Å²) in [7, 11) is 1.29. The SMILES string of the molecule is COC(=O)c1cc(F)cc(N2CCN(CC=Cc3cnn(-c4ccnc(N)n4)c3C)CC2)c1. The summed E-state index contributed by atoms with van der Waals surface area (Å²) in [5, 5.41) is 4.40. The number of hydrogen-bond acceptors (Lipinski definition) is 8. The van der Waals surface area contributed by atoms with Crippen LogP contribution in [0.25, 0.3) is 11.9 Å². The maximum absolute atomic E-state index is 14.0. The van der Waals surface area contributed by atoms with Gasteiger partial charge in [0.05, 0.1) is 24.6 Å². The van der Waals surface area contributed by atoms with Gasteiger partial charge in [-0.15, -0.1) is 0 Å². The topological polar surface area (TPSA) is 102 Å². The summed E-state index contributed by atoms with van der Waals surface area (Å²) in [6.45, 7) is 5.90. The molecule has 1 fully saturated rings. The number of benzene rings is 1. The summed E-state index contributed by atoms with van der Waals surface area (Å²) in [5.74, 6) is -0.151. The Morgan fingerprint density at radius 3 is 2.76 bits per heavy atom. The van der Waals surface area contributed by atoms with Crippen LogP contribution in [0.15, 0.2) is 42.7 Å². The second-order valence-electron chi connectivity index (χ2n) is 7.75. The normalized spacial score (nSPS) is 14.7. The van der Waals surface area contributed by atoms with Crippen LogP contribution < -0.4 is 10.6 Å². The molecular weight excluding hydrogens is 425 g/mol. The van der Waals surface area contributed by atoms with Gasteiger partial charge in [0.2, 0.25) is 5.95 Å². The predicted octanol–water partition coefficient (Wildman–Crippen LogP) is 2.31. The van der Waals surface area contributed by atoms with Gasteiger partial charge in [0, 0.05) is 56.2 Å². The van der Waals surface area contributed by atoms with E-state index in [-0.39, 0.29) is 11.5 Å². The standard InChI is InChI=1S/C23H26FN7O2/c1-16-17(15-27-31(16)21-5-6-26-23(25)28-21)4-3-7-29-8-10-30(11-9-29)20-13-18(22(32)33-2)12-19(24)14-20/h3-6,12-15H,7-11H2,1-2H3,(H2,25,26,28). The van der Waals surface area contributed by atoms with Gasteiger partial charge in [-0.25, -0.2) is 18.9 Å². The van der Waals surface area contributed by atoms with Crippen molar-refractivity contribution in [2.24, 2.45) is 0 Å². The van der Waals surface area contributed by atoms with Crippen molar-refractivity contribution in [3.05, 3.63) is 65.4 Å². The first kappa shape index (κ1) is 22.4. The maximum atomic E-state index is 14.0. The fourth-order valence-electron chi connectivity index (χ4n) is 3.81. The average molecular weight is 452 g/mol. The number of methoxy groups -OCH3 is 1. The highest BCUT2D eigenvalue weighted by Crippen LogP contribution is 2.21. The fraction of sp³-hybridized carbons (Fsp3) is 0.304. The number of aromatic nitrogens is 4. The van der Waals surface area contributed by atoms with Crippen LogP contribution in [0, 0.1) is 12.7 Å². The summed E-state index contributed by atoms with van der Waals surface area (Å²) in [6, 6.07) is 6.08. The zero-order chi connectivity index (χ0) is 23.4. The quantitative estimate of drug-likeness (QED) is 0.570. The van der Waals surface area contributed by atoms with Crippen LogP contribution in [0.2, 0.25) is 0 Å². The lowest BCUT2D eigenvalue weighted by molar-refractivity contribution is 0.0600. The maximum Gasteiger partial charge on any atom is 0.338 e. The molecule has 0 bridgehead atoms. The van der Waals surface area contributed by atoms with Gasteiger partial charge >= 0.3 is 5.97 Å². The number of halogens is 1. The summed E-state index contributed by atoms with van der Waals surface area (Å²) >= 11 is 0. The third kappa shape index (κ3) is 5.17. The average Bonchev–Trinajstić information content (AvgIpc) is 3.18. The third-order valence-electron chi connectivity index (χ3n) is 5.63. The van der Waals surface area contributed by atoms with Crippen molar-refractivity contribution < 1.29 is 13.9 Å². The molecule has 10 heteroatoms. The Kier molecular flexibility index (Phi) is 6.64. The first-order valence-electron chi connectivity index (χ1n) is 10.6. The molecule has 0 aliphatic carbocycles. The lowest BCUT2D eigenvalue weighted by Crippen LogP contribution is -2.46. The van der Waals surface area contributed by atoms with E-state index in [1.165, 1.54) is 19.2 Å². The first-order valence-corrected chi connectivity index (χ1v) is 10.6. The van der Waals surface area contributed by atoms with Crippen molar-refractivity contribution in [2.45, 2.75) is 6.92 Å². The molecule has 3 aromatic rings. The highest BCUT2D eigenvalue weighted by molar-refractivity contribution is 5.90. The molecule has 2 aromatic heterocycles. The van der Waals surface area contributed by atoms with E-state index in [2.05, 4.69) is 30.9 Å². The molecule has 1 aliphatic rings. The van der Waals surface area contributed by atoms with Crippen molar-refractivity contribution in [3.63, 3.8) is 0 Å². The zero-order valence-electron chi connectivity index (χ0n) is 18.6. The molecule has 0 amide bonds. The van der Waals surface area contributed by atoms with Gasteiger partial charge in [0.25, 0.3) is 0 Å². The monoisotopic (exact) mass is 451 g/mol. The van der Waals surface area contributed by atoms with Gasteiger partial charge in [-0.2, -0.15) is 10.1 Å². The highest BCUT2D eigenvalue weighted by Gasteiger charge is 2.19. The molecular formula is C23H26FN7O2. The van der Waals surface area contributed by atoms with E-state index < -0.39 is 11.8 Å². The molecule has 3 heterocycles. The van der Waals surface area contributed by atoms with E-state index in [1.807, 2.05) is 13.0 Å². The van der Waals surface area contributed by atoms with Crippen LogP contribution >= 0.6 is 0 Å². The molecule has 4 rings (SSSR count). The number of piperazine rings is 1. The Balaban J connectivity index is 1.34. The molecule has 0 radical (unpaired) electrons. The van der Waals surface area contributed by atoms with Gasteiger partial charge in [0.1, 0.15) is 5.82 Å². The van der Waals surface area contributed by atoms with Gasteiger partial charge in [-0.05, 0) is 25.1 Å². The molecule has 1 aromatic carbocycles. The predicted molar refractivity (Wildman–Crippen MR) is 124 cm³/mol. The van der Waals surface area contributed by atoms with Crippen LogP contribution in [-0.2, 0) is 4.74 Å². The van der Waals surface area contributed by atoms with E-state index in [0.29, 0.717) is 11.5 Å². The summed E-state index contributed by atoms with van der Waals surface area (Å²) in [5.41, 5.74) is 8.55. The van der Waals surface area contributed by atoms with E-state index in [1.54, 1.807) is 29.2 Å². The molecule has 2 N–H and O–H groups in total. The van der Waals surface area contributed by atoms with E-state index in [4.69, 9.17) is 10.5 Å². The van der Waals surface area contributed by atoms with Crippen molar-refractivity contribution in [2.75, 3.05) is 50.5 Å². The van der Waals surface area contributed by atoms with Crippen molar-refractivity contribution in [1.82, 2.24) is 24.6 Å². The number of nitrogen functional groups attached to an aromatic ring is 1. The Bertz CT molecular complexity index is 1170. The van der Waals surface area contributed by atoms with Crippen molar-refractivity contribution in [1.29, 1.82) is 0 Å². The molecule has 0 spiro atoms. The number of rotatable bonds is 6. The molecule has 1 saturated heterocycles. The number of carbonyl (C=O) groups is 1. The van der Waals surface area contributed by atoms with E-state index in [0.717, 1.165) is 44.0 Å². The van der Waals surface area contributed by atoms with Crippen LogP contribution in [0.4, 0.5) is 16.0 Å². The second kappa shape index (κ2) is 9.78. The number of nitrogens with zero attached hydrogens (tertiary/aromatic N) is 6. The first-order chi connectivity index (χ1) is 15.9.